The highest BCUT2D eigenvalue weighted by Gasteiger charge is 2.16. The molecule has 2 N–H and O–H groups in total. The molecule has 126 valence electrons. The zero-order valence-electron chi connectivity index (χ0n) is 13.5. The zero-order valence-corrected chi connectivity index (χ0v) is 15.7. The first-order valence-corrected chi connectivity index (χ1v) is 9.05. The summed E-state index contributed by atoms with van der Waals surface area (Å²) in [5, 5.41) is 6.21. The molecule has 0 spiro atoms. The molecule has 0 fully saturated rings. The lowest BCUT2D eigenvalue weighted by molar-refractivity contribution is -0.115. The van der Waals surface area contributed by atoms with Crippen LogP contribution in [0.1, 0.15) is 17.3 Å². The van der Waals surface area contributed by atoms with Crippen molar-refractivity contribution in [3.8, 4) is 0 Å². The first-order chi connectivity index (χ1) is 12.2. The highest BCUT2D eigenvalue weighted by atomic mass is 127. The Kier molecular flexibility index (Phi) is 6.14. The van der Waals surface area contributed by atoms with Crippen LogP contribution in [0, 0.1) is 3.57 Å². The van der Waals surface area contributed by atoms with E-state index < -0.39 is 0 Å². The summed E-state index contributed by atoms with van der Waals surface area (Å²) in [4.78, 5) is 16.7. The summed E-state index contributed by atoms with van der Waals surface area (Å²) >= 11 is 2.24. The highest BCUT2D eigenvalue weighted by molar-refractivity contribution is 14.1. The Bertz CT molecular complexity index is 768. The van der Waals surface area contributed by atoms with Crippen molar-refractivity contribution in [2.24, 2.45) is 0 Å². The minimum absolute atomic E-state index is 0.0851. The van der Waals surface area contributed by atoms with E-state index in [1.807, 2.05) is 72.8 Å². The van der Waals surface area contributed by atoms with Gasteiger partial charge in [0, 0.05) is 15.5 Å². The number of amides is 1. The molecule has 5 heteroatoms. The Morgan fingerprint density at radius 2 is 1.68 bits per heavy atom. The molecule has 1 heterocycles. The van der Waals surface area contributed by atoms with Gasteiger partial charge in [-0.3, -0.25) is 15.1 Å². The molecule has 1 aromatic heterocycles. The molecule has 3 aromatic rings. The average Bonchev–Trinajstić information content (AvgIpc) is 2.66. The first-order valence-electron chi connectivity index (χ1n) is 7.97. The third-order valence-electron chi connectivity index (χ3n) is 3.71. The van der Waals surface area contributed by atoms with Crippen LogP contribution in [0.5, 0.6) is 0 Å². The van der Waals surface area contributed by atoms with Gasteiger partial charge in [0.2, 0.25) is 5.91 Å². The van der Waals surface area contributed by atoms with Gasteiger partial charge in [-0.25, -0.2) is 0 Å². The van der Waals surface area contributed by atoms with Crippen molar-refractivity contribution < 1.29 is 4.79 Å². The van der Waals surface area contributed by atoms with Gasteiger partial charge in [-0.15, -0.1) is 0 Å². The van der Waals surface area contributed by atoms with Gasteiger partial charge in [0.15, 0.2) is 0 Å². The number of benzene rings is 2. The van der Waals surface area contributed by atoms with Crippen LogP contribution in [0.4, 0.5) is 5.69 Å². The number of hydrogen-bond donors (Lipinski definition) is 2. The van der Waals surface area contributed by atoms with E-state index in [0.717, 1.165) is 20.5 Å². The third kappa shape index (κ3) is 5.11. The quantitative estimate of drug-likeness (QED) is 0.567. The SMILES string of the molecule is O=C(CNC(c1ccccc1)c1ccccn1)Nc1ccc(I)cc1. The predicted octanol–water partition coefficient (Wildman–Crippen LogP) is 4.00. The molecule has 0 aliphatic rings. The van der Waals surface area contributed by atoms with Crippen molar-refractivity contribution in [3.63, 3.8) is 0 Å². The van der Waals surface area contributed by atoms with E-state index in [-0.39, 0.29) is 18.5 Å². The van der Waals surface area contributed by atoms with Crippen LogP contribution >= 0.6 is 22.6 Å². The van der Waals surface area contributed by atoms with Crippen molar-refractivity contribution in [2.45, 2.75) is 6.04 Å². The first kappa shape index (κ1) is 17.6. The summed E-state index contributed by atoms with van der Waals surface area (Å²) in [6.45, 7) is 0.197. The van der Waals surface area contributed by atoms with E-state index in [1.165, 1.54) is 0 Å². The lowest BCUT2D eigenvalue weighted by atomic mass is 10.0. The lowest BCUT2D eigenvalue weighted by Crippen LogP contribution is -2.32. The van der Waals surface area contributed by atoms with Gasteiger partial charge in [0.05, 0.1) is 18.3 Å². The van der Waals surface area contributed by atoms with Gasteiger partial charge in [-0.1, -0.05) is 36.4 Å². The minimum atomic E-state index is -0.134. The van der Waals surface area contributed by atoms with Gasteiger partial charge in [0.1, 0.15) is 0 Å². The number of nitrogens with one attached hydrogen (secondary N) is 2. The van der Waals surface area contributed by atoms with Crippen LogP contribution in [0.15, 0.2) is 79.0 Å². The smallest absolute Gasteiger partial charge is 0.238 e. The second kappa shape index (κ2) is 8.73. The summed E-state index contributed by atoms with van der Waals surface area (Å²) < 4.78 is 1.13. The Labute approximate surface area is 160 Å². The molecule has 1 unspecified atom stereocenters. The second-order valence-corrected chi connectivity index (χ2v) is 6.78. The summed E-state index contributed by atoms with van der Waals surface area (Å²) in [6.07, 6.45) is 1.76. The molecular formula is C20H18IN3O. The van der Waals surface area contributed by atoms with E-state index in [9.17, 15) is 4.79 Å². The fourth-order valence-corrected chi connectivity index (χ4v) is 2.88. The van der Waals surface area contributed by atoms with Crippen LogP contribution < -0.4 is 10.6 Å². The molecule has 1 amide bonds. The van der Waals surface area contributed by atoms with E-state index >= 15 is 0 Å². The molecule has 0 aliphatic carbocycles. The minimum Gasteiger partial charge on any atom is -0.325 e. The molecule has 0 aliphatic heterocycles. The zero-order chi connectivity index (χ0) is 17.5. The Balaban J connectivity index is 1.68. The van der Waals surface area contributed by atoms with E-state index in [1.54, 1.807) is 6.20 Å². The number of hydrogen-bond acceptors (Lipinski definition) is 3. The molecular weight excluding hydrogens is 425 g/mol. The average molecular weight is 443 g/mol. The molecule has 4 nitrogen and oxygen atoms in total. The number of rotatable bonds is 6. The molecule has 0 saturated carbocycles. The monoisotopic (exact) mass is 443 g/mol. The van der Waals surface area contributed by atoms with Gasteiger partial charge in [0.25, 0.3) is 0 Å². The normalized spacial score (nSPS) is 11.7. The summed E-state index contributed by atoms with van der Waals surface area (Å²) in [6, 6.07) is 23.4. The molecule has 1 atom stereocenters. The third-order valence-corrected chi connectivity index (χ3v) is 4.43. The van der Waals surface area contributed by atoms with Crippen molar-refractivity contribution in [1.29, 1.82) is 0 Å². The molecule has 0 radical (unpaired) electrons. The van der Waals surface area contributed by atoms with E-state index in [0.29, 0.717) is 0 Å². The Morgan fingerprint density at radius 1 is 0.960 bits per heavy atom. The predicted molar refractivity (Wildman–Crippen MR) is 108 cm³/mol. The summed E-state index contributed by atoms with van der Waals surface area (Å²) in [7, 11) is 0. The number of carbonyl (C=O) groups is 1. The summed E-state index contributed by atoms with van der Waals surface area (Å²) in [5.74, 6) is -0.0851. The Hall–Kier alpha value is -2.25. The maximum Gasteiger partial charge on any atom is 0.238 e. The topological polar surface area (TPSA) is 54.0 Å². The van der Waals surface area contributed by atoms with Crippen LogP contribution in [-0.2, 0) is 4.79 Å². The van der Waals surface area contributed by atoms with Crippen LogP contribution in [0.25, 0.3) is 0 Å². The number of aromatic nitrogens is 1. The van der Waals surface area contributed by atoms with Crippen molar-refractivity contribution in [2.75, 3.05) is 11.9 Å². The number of anilines is 1. The number of nitrogens with zero attached hydrogens (tertiary/aromatic N) is 1. The number of halogens is 1. The maximum atomic E-state index is 12.3. The number of carbonyl (C=O) groups excluding carboxylic acids is 1. The highest BCUT2D eigenvalue weighted by Crippen LogP contribution is 2.19. The van der Waals surface area contributed by atoms with E-state index in [2.05, 4.69) is 38.2 Å². The molecule has 3 rings (SSSR count). The number of pyridine rings is 1. The van der Waals surface area contributed by atoms with Crippen molar-refractivity contribution in [3.05, 3.63) is 93.8 Å². The maximum absolute atomic E-state index is 12.3. The van der Waals surface area contributed by atoms with Gasteiger partial charge in [-0.2, -0.15) is 0 Å². The largest absolute Gasteiger partial charge is 0.325 e. The standard InChI is InChI=1S/C20H18IN3O/c21-16-9-11-17(12-10-16)24-19(25)14-23-20(15-6-2-1-3-7-15)18-8-4-5-13-22-18/h1-13,20,23H,14H2,(H,24,25). The summed E-state index contributed by atoms with van der Waals surface area (Å²) in [5.41, 5.74) is 2.75. The van der Waals surface area contributed by atoms with Gasteiger partial charge < -0.3 is 5.32 Å². The fraction of sp³-hybridized carbons (Fsp3) is 0.100. The van der Waals surface area contributed by atoms with Gasteiger partial charge >= 0.3 is 0 Å². The molecule has 0 bridgehead atoms. The van der Waals surface area contributed by atoms with Crippen molar-refractivity contribution in [1.82, 2.24) is 10.3 Å². The Morgan fingerprint density at radius 3 is 2.36 bits per heavy atom. The van der Waals surface area contributed by atoms with Gasteiger partial charge in [-0.05, 0) is 64.6 Å². The van der Waals surface area contributed by atoms with Crippen LogP contribution in [0.3, 0.4) is 0 Å². The second-order valence-electron chi connectivity index (χ2n) is 5.53. The van der Waals surface area contributed by atoms with Crippen molar-refractivity contribution >= 4 is 34.2 Å². The molecule has 25 heavy (non-hydrogen) atoms. The van der Waals surface area contributed by atoms with Crippen LogP contribution in [-0.4, -0.2) is 17.4 Å². The van der Waals surface area contributed by atoms with Crippen LogP contribution in [0.2, 0.25) is 0 Å². The fourth-order valence-electron chi connectivity index (χ4n) is 2.52. The molecule has 2 aromatic carbocycles. The molecule has 0 saturated heterocycles. The lowest BCUT2D eigenvalue weighted by Gasteiger charge is -2.18. The van der Waals surface area contributed by atoms with E-state index in [4.69, 9.17) is 0 Å².